The average molecular weight is 340 g/mol. The van der Waals surface area contributed by atoms with E-state index in [0.717, 1.165) is 23.3 Å². The Hall–Kier alpha value is -2.82. The first kappa shape index (κ1) is 18.5. The highest BCUT2D eigenvalue weighted by Gasteiger charge is 2.08. The summed E-state index contributed by atoms with van der Waals surface area (Å²) in [7, 11) is 1.62. The zero-order valence-corrected chi connectivity index (χ0v) is 14.9. The summed E-state index contributed by atoms with van der Waals surface area (Å²) in [5.41, 5.74) is 3.24. The highest BCUT2D eigenvalue weighted by molar-refractivity contribution is 5.94. The van der Waals surface area contributed by atoms with Crippen molar-refractivity contribution in [2.75, 3.05) is 17.7 Å². The number of methoxy groups -OCH3 is 1. The molecule has 25 heavy (non-hydrogen) atoms. The summed E-state index contributed by atoms with van der Waals surface area (Å²) >= 11 is 0. The van der Waals surface area contributed by atoms with E-state index >= 15 is 0 Å². The molecule has 0 aromatic heterocycles. The zero-order chi connectivity index (χ0) is 18.2. The molecule has 2 rings (SSSR count). The van der Waals surface area contributed by atoms with Crippen LogP contribution in [-0.2, 0) is 16.0 Å². The first-order valence-electron chi connectivity index (χ1n) is 8.35. The first-order chi connectivity index (χ1) is 12.0. The molecule has 2 aromatic rings. The van der Waals surface area contributed by atoms with Gasteiger partial charge in [-0.05, 0) is 48.7 Å². The van der Waals surface area contributed by atoms with Gasteiger partial charge in [-0.3, -0.25) is 9.59 Å². The predicted molar refractivity (Wildman–Crippen MR) is 100 cm³/mol. The minimum atomic E-state index is -0.122. The number of amides is 2. The van der Waals surface area contributed by atoms with Gasteiger partial charge >= 0.3 is 0 Å². The van der Waals surface area contributed by atoms with Crippen LogP contribution in [0.3, 0.4) is 0 Å². The van der Waals surface area contributed by atoms with E-state index in [1.165, 1.54) is 0 Å². The fourth-order valence-corrected chi connectivity index (χ4v) is 2.49. The largest absolute Gasteiger partial charge is 0.496 e. The monoisotopic (exact) mass is 340 g/mol. The second-order valence-corrected chi connectivity index (χ2v) is 5.91. The second-order valence-electron chi connectivity index (χ2n) is 5.91. The molecule has 0 radical (unpaired) electrons. The van der Waals surface area contributed by atoms with Crippen LogP contribution in [0.25, 0.3) is 0 Å². The Morgan fingerprint density at radius 3 is 2.32 bits per heavy atom. The van der Waals surface area contributed by atoms with E-state index in [0.29, 0.717) is 17.8 Å². The summed E-state index contributed by atoms with van der Waals surface area (Å²) in [6.07, 6.45) is 1.52. The van der Waals surface area contributed by atoms with Crippen LogP contribution in [0.1, 0.15) is 30.9 Å². The van der Waals surface area contributed by atoms with Crippen LogP contribution in [0.2, 0.25) is 0 Å². The summed E-state index contributed by atoms with van der Waals surface area (Å²) in [6.45, 7) is 3.91. The van der Waals surface area contributed by atoms with Crippen molar-refractivity contribution in [1.82, 2.24) is 0 Å². The minimum Gasteiger partial charge on any atom is -0.496 e. The molecule has 0 aliphatic carbocycles. The van der Waals surface area contributed by atoms with Gasteiger partial charge < -0.3 is 15.4 Å². The summed E-state index contributed by atoms with van der Waals surface area (Å²) in [5.74, 6) is 0.617. The molecule has 0 aliphatic heterocycles. The quantitative estimate of drug-likeness (QED) is 0.803. The maximum atomic E-state index is 12.3. The molecule has 0 aliphatic rings. The molecule has 5 nitrogen and oxygen atoms in total. The highest BCUT2D eigenvalue weighted by Crippen LogP contribution is 2.20. The summed E-state index contributed by atoms with van der Waals surface area (Å²) in [4.78, 5) is 23.9. The van der Waals surface area contributed by atoms with Crippen molar-refractivity contribution in [3.05, 3.63) is 53.6 Å². The molecule has 0 fully saturated rings. The SMILES string of the molecule is CCCC(=O)Nc1cccc(NC(=O)Cc2ccc(C)c(OC)c2)c1. The van der Waals surface area contributed by atoms with Crippen molar-refractivity contribution in [3.63, 3.8) is 0 Å². The number of carbonyl (C=O) groups excluding carboxylic acids is 2. The van der Waals surface area contributed by atoms with Crippen LogP contribution >= 0.6 is 0 Å². The molecule has 0 heterocycles. The van der Waals surface area contributed by atoms with Gasteiger partial charge in [0, 0.05) is 17.8 Å². The maximum Gasteiger partial charge on any atom is 0.228 e. The number of anilines is 2. The Balaban J connectivity index is 1.99. The van der Waals surface area contributed by atoms with Crippen LogP contribution < -0.4 is 15.4 Å². The van der Waals surface area contributed by atoms with Crippen molar-refractivity contribution in [2.45, 2.75) is 33.1 Å². The van der Waals surface area contributed by atoms with E-state index in [9.17, 15) is 9.59 Å². The minimum absolute atomic E-state index is 0.0299. The molecule has 5 heteroatoms. The molecular formula is C20H24N2O3. The molecule has 2 aromatic carbocycles. The topological polar surface area (TPSA) is 67.4 Å². The number of nitrogens with one attached hydrogen (secondary N) is 2. The van der Waals surface area contributed by atoms with E-state index in [4.69, 9.17) is 4.74 Å². The van der Waals surface area contributed by atoms with Gasteiger partial charge in [0.1, 0.15) is 5.75 Å². The Morgan fingerprint density at radius 2 is 1.68 bits per heavy atom. The van der Waals surface area contributed by atoms with Crippen LogP contribution in [0.15, 0.2) is 42.5 Å². The van der Waals surface area contributed by atoms with Crippen LogP contribution in [-0.4, -0.2) is 18.9 Å². The zero-order valence-electron chi connectivity index (χ0n) is 14.9. The van der Waals surface area contributed by atoms with E-state index in [1.54, 1.807) is 31.4 Å². The van der Waals surface area contributed by atoms with Gasteiger partial charge in [0.2, 0.25) is 11.8 Å². The lowest BCUT2D eigenvalue weighted by atomic mass is 10.1. The number of hydrogen-bond donors (Lipinski definition) is 2. The first-order valence-corrected chi connectivity index (χ1v) is 8.35. The lowest BCUT2D eigenvalue weighted by Crippen LogP contribution is -2.15. The number of ether oxygens (including phenoxy) is 1. The van der Waals surface area contributed by atoms with E-state index in [1.807, 2.05) is 32.0 Å². The standard InChI is InChI=1S/C20H24N2O3/c1-4-6-19(23)21-16-7-5-8-17(13-16)22-20(24)12-15-10-9-14(2)18(11-15)25-3/h5,7-11,13H,4,6,12H2,1-3H3,(H,21,23)(H,22,24). The Morgan fingerprint density at radius 1 is 1.00 bits per heavy atom. The summed E-state index contributed by atoms with van der Waals surface area (Å²) < 4.78 is 5.29. The van der Waals surface area contributed by atoms with Crippen LogP contribution in [0, 0.1) is 6.92 Å². The average Bonchev–Trinajstić information content (AvgIpc) is 2.57. The lowest BCUT2D eigenvalue weighted by Gasteiger charge is -2.10. The Kier molecular flexibility index (Phi) is 6.57. The normalized spacial score (nSPS) is 10.2. The second kappa shape index (κ2) is 8.87. The van der Waals surface area contributed by atoms with Gasteiger partial charge in [0.25, 0.3) is 0 Å². The number of aryl methyl sites for hydroxylation is 1. The molecule has 0 bridgehead atoms. The van der Waals surface area contributed by atoms with Crippen molar-refractivity contribution in [2.24, 2.45) is 0 Å². The third-order valence-corrected chi connectivity index (χ3v) is 3.74. The smallest absolute Gasteiger partial charge is 0.228 e. The van der Waals surface area contributed by atoms with Crippen LogP contribution in [0.4, 0.5) is 11.4 Å². The highest BCUT2D eigenvalue weighted by atomic mass is 16.5. The molecule has 0 atom stereocenters. The third-order valence-electron chi connectivity index (χ3n) is 3.74. The molecular weight excluding hydrogens is 316 g/mol. The maximum absolute atomic E-state index is 12.3. The van der Waals surface area contributed by atoms with E-state index < -0.39 is 0 Å². The fraction of sp³-hybridized carbons (Fsp3) is 0.300. The van der Waals surface area contributed by atoms with Gasteiger partial charge in [0.15, 0.2) is 0 Å². The summed E-state index contributed by atoms with van der Waals surface area (Å²) in [6, 6.07) is 12.9. The number of benzene rings is 2. The van der Waals surface area contributed by atoms with Gasteiger partial charge in [-0.15, -0.1) is 0 Å². The lowest BCUT2D eigenvalue weighted by molar-refractivity contribution is -0.116. The van der Waals surface area contributed by atoms with Crippen molar-refractivity contribution in [1.29, 1.82) is 0 Å². The Labute approximate surface area is 148 Å². The molecule has 2 amide bonds. The fourth-order valence-electron chi connectivity index (χ4n) is 2.49. The van der Waals surface area contributed by atoms with Crippen molar-refractivity contribution in [3.8, 4) is 5.75 Å². The number of rotatable bonds is 7. The molecule has 0 saturated heterocycles. The van der Waals surface area contributed by atoms with E-state index in [2.05, 4.69) is 10.6 Å². The van der Waals surface area contributed by atoms with Gasteiger partial charge in [0.05, 0.1) is 13.5 Å². The number of hydrogen-bond acceptors (Lipinski definition) is 3. The molecule has 132 valence electrons. The molecule has 0 unspecified atom stereocenters. The van der Waals surface area contributed by atoms with Gasteiger partial charge in [-0.1, -0.05) is 25.1 Å². The van der Waals surface area contributed by atoms with Crippen molar-refractivity contribution >= 4 is 23.2 Å². The van der Waals surface area contributed by atoms with Crippen LogP contribution in [0.5, 0.6) is 5.75 Å². The van der Waals surface area contributed by atoms with E-state index in [-0.39, 0.29) is 18.2 Å². The predicted octanol–water partition coefficient (Wildman–Crippen LogP) is 3.92. The number of carbonyl (C=O) groups is 2. The van der Waals surface area contributed by atoms with Gasteiger partial charge in [-0.25, -0.2) is 0 Å². The van der Waals surface area contributed by atoms with Gasteiger partial charge in [-0.2, -0.15) is 0 Å². The molecule has 0 saturated carbocycles. The summed E-state index contributed by atoms with van der Waals surface area (Å²) in [5, 5.41) is 5.68. The molecule has 0 spiro atoms. The third kappa shape index (κ3) is 5.64. The Bertz CT molecular complexity index is 756. The van der Waals surface area contributed by atoms with Crippen molar-refractivity contribution < 1.29 is 14.3 Å². The molecule has 2 N–H and O–H groups in total.